The summed E-state index contributed by atoms with van der Waals surface area (Å²) in [5.41, 5.74) is 2.53. The number of nitriles is 1. The van der Waals surface area contributed by atoms with E-state index in [1.165, 1.54) is 13.2 Å². The van der Waals surface area contributed by atoms with E-state index in [1.807, 2.05) is 36.4 Å². The highest BCUT2D eigenvalue weighted by atomic mass is 16.5. The van der Waals surface area contributed by atoms with E-state index in [0.717, 1.165) is 5.56 Å². The van der Waals surface area contributed by atoms with Gasteiger partial charge in [-0.3, -0.25) is 4.79 Å². The minimum atomic E-state index is -0.484. The molecule has 0 radical (unpaired) electrons. The number of rotatable bonds is 5. The monoisotopic (exact) mass is 359 g/mol. The number of esters is 1. The molecule has 27 heavy (non-hydrogen) atoms. The van der Waals surface area contributed by atoms with Gasteiger partial charge in [-0.15, -0.1) is 0 Å². The number of aromatic amines is 1. The van der Waals surface area contributed by atoms with Crippen LogP contribution in [-0.4, -0.2) is 24.0 Å². The molecule has 2 N–H and O–H groups in total. The Morgan fingerprint density at radius 2 is 1.96 bits per heavy atom. The van der Waals surface area contributed by atoms with Crippen molar-refractivity contribution in [3.63, 3.8) is 0 Å². The number of nitrogens with one attached hydrogen (secondary N) is 2. The summed E-state index contributed by atoms with van der Waals surface area (Å²) in [6, 6.07) is 16.5. The second-order valence-corrected chi connectivity index (χ2v) is 5.80. The van der Waals surface area contributed by atoms with E-state index < -0.39 is 11.9 Å². The molecule has 0 aliphatic heterocycles. The maximum Gasteiger partial charge on any atom is 0.338 e. The first-order valence-corrected chi connectivity index (χ1v) is 8.26. The lowest BCUT2D eigenvalue weighted by atomic mass is 10.0. The summed E-state index contributed by atoms with van der Waals surface area (Å²) >= 11 is 0. The molecule has 6 heteroatoms. The zero-order valence-corrected chi connectivity index (χ0v) is 14.7. The van der Waals surface area contributed by atoms with Gasteiger partial charge in [0.05, 0.1) is 12.7 Å². The molecule has 1 aromatic heterocycles. The highest BCUT2D eigenvalue weighted by Gasteiger charge is 2.16. The quantitative estimate of drug-likeness (QED) is 0.415. The fourth-order valence-electron chi connectivity index (χ4n) is 2.78. The molecule has 2 aromatic carbocycles. The maximum absolute atomic E-state index is 12.4. The molecule has 1 heterocycles. The zero-order chi connectivity index (χ0) is 19.2. The molecular formula is C21H17N3O3. The molecule has 0 fully saturated rings. The van der Waals surface area contributed by atoms with Crippen molar-refractivity contribution < 1.29 is 14.3 Å². The van der Waals surface area contributed by atoms with Crippen LogP contribution in [-0.2, 0) is 16.1 Å². The average Bonchev–Trinajstić information content (AvgIpc) is 3.13. The average molecular weight is 359 g/mol. The summed E-state index contributed by atoms with van der Waals surface area (Å²) in [5.74, 6) is -0.965. The van der Waals surface area contributed by atoms with Gasteiger partial charge in [-0.25, -0.2) is 4.79 Å². The third kappa shape index (κ3) is 3.88. The van der Waals surface area contributed by atoms with Gasteiger partial charge in [-0.1, -0.05) is 36.4 Å². The summed E-state index contributed by atoms with van der Waals surface area (Å²) in [6.45, 7) is 0.319. The number of ether oxygens (including phenoxy) is 1. The molecule has 3 aromatic rings. The fourth-order valence-corrected chi connectivity index (χ4v) is 2.78. The van der Waals surface area contributed by atoms with Crippen LogP contribution < -0.4 is 5.32 Å². The highest BCUT2D eigenvalue weighted by Crippen LogP contribution is 2.25. The van der Waals surface area contributed by atoms with E-state index in [4.69, 9.17) is 4.74 Å². The molecule has 0 aliphatic carbocycles. The van der Waals surface area contributed by atoms with Crippen molar-refractivity contribution in [2.75, 3.05) is 7.11 Å². The lowest BCUT2D eigenvalue weighted by Gasteiger charge is -2.05. The summed E-state index contributed by atoms with van der Waals surface area (Å²) in [6.07, 6.45) is 3.12. The zero-order valence-electron chi connectivity index (χ0n) is 14.7. The van der Waals surface area contributed by atoms with Crippen molar-refractivity contribution in [1.82, 2.24) is 10.3 Å². The Hall–Kier alpha value is -3.85. The number of hydrogen-bond acceptors (Lipinski definition) is 4. The molecule has 0 bridgehead atoms. The van der Waals surface area contributed by atoms with E-state index in [-0.39, 0.29) is 5.57 Å². The topological polar surface area (TPSA) is 95.0 Å². The van der Waals surface area contributed by atoms with Gasteiger partial charge in [0.2, 0.25) is 0 Å². The van der Waals surface area contributed by atoms with Crippen LogP contribution in [0.3, 0.4) is 0 Å². The number of aromatic nitrogens is 1. The minimum absolute atomic E-state index is 0.0495. The van der Waals surface area contributed by atoms with Crippen LogP contribution in [0.2, 0.25) is 0 Å². The van der Waals surface area contributed by atoms with Crippen LogP contribution in [0.4, 0.5) is 0 Å². The van der Waals surface area contributed by atoms with Gasteiger partial charge >= 0.3 is 5.97 Å². The number of hydrogen-bond donors (Lipinski definition) is 2. The van der Waals surface area contributed by atoms with Gasteiger partial charge < -0.3 is 15.0 Å². The lowest BCUT2D eigenvalue weighted by Crippen LogP contribution is -2.23. The Balaban J connectivity index is 1.90. The van der Waals surface area contributed by atoms with Crippen molar-refractivity contribution in [3.05, 3.63) is 77.0 Å². The van der Waals surface area contributed by atoms with Gasteiger partial charge in [-0.05, 0) is 23.8 Å². The second-order valence-electron chi connectivity index (χ2n) is 5.80. The first-order chi connectivity index (χ1) is 13.1. The Morgan fingerprint density at radius 3 is 2.67 bits per heavy atom. The molecule has 134 valence electrons. The number of nitrogens with zero attached hydrogens (tertiary/aromatic N) is 1. The van der Waals surface area contributed by atoms with Crippen molar-refractivity contribution in [2.24, 2.45) is 0 Å². The predicted octanol–water partition coefficient (Wildman–Crippen LogP) is 3.18. The van der Waals surface area contributed by atoms with Gasteiger partial charge in [0.25, 0.3) is 5.91 Å². The number of H-pyrrole nitrogens is 1. The van der Waals surface area contributed by atoms with E-state index >= 15 is 0 Å². The largest absolute Gasteiger partial charge is 0.465 e. The summed E-state index contributed by atoms with van der Waals surface area (Å²) < 4.78 is 4.82. The number of carbonyl (C=O) groups excluding carboxylic acids is 2. The van der Waals surface area contributed by atoms with Crippen molar-refractivity contribution in [2.45, 2.75) is 6.54 Å². The third-order valence-corrected chi connectivity index (χ3v) is 4.10. The Labute approximate surface area is 156 Å². The Bertz CT molecular complexity index is 1060. The molecule has 6 nitrogen and oxygen atoms in total. The highest BCUT2D eigenvalue weighted by molar-refractivity contribution is 6.09. The van der Waals surface area contributed by atoms with Crippen molar-refractivity contribution in [3.8, 4) is 6.07 Å². The standard InChI is InChI=1S/C21H17N3O3/c1-27-21(26)17-8-5-9-18-19(17)16(13-23-18)10-15(11-22)20(25)24-12-14-6-3-2-4-7-14/h2-10,13,23H,12H2,1H3,(H,24,25)/b15-10+. The van der Waals surface area contributed by atoms with Gasteiger partial charge in [0.15, 0.2) is 0 Å². The van der Waals surface area contributed by atoms with E-state index in [2.05, 4.69) is 10.3 Å². The summed E-state index contributed by atoms with van der Waals surface area (Å²) in [7, 11) is 1.31. The van der Waals surface area contributed by atoms with Crippen LogP contribution in [0.5, 0.6) is 0 Å². The van der Waals surface area contributed by atoms with Crippen LogP contribution in [0.1, 0.15) is 21.5 Å². The van der Waals surface area contributed by atoms with E-state index in [0.29, 0.717) is 28.6 Å². The molecular weight excluding hydrogens is 342 g/mol. The normalized spacial score (nSPS) is 11.0. The smallest absolute Gasteiger partial charge is 0.338 e. The van der Waals surface area contributed by atoms with Gasteiger partial charge in [-0.2, -0.15) is 5.26 Å². The van der Waals surface area contributed by atoms with Crippen molar-refractivity contribution in [1.29, 1.82) is 5.26 Å². The van der Waals surface area contributed by atoms with Crippen LogP contribution in [0, 0.1) is 11.3 Å². The van der Waals surface area contributed by atoms with Crippen LogP contribution >= 0.6 is 0 Å². The minimum Gasteiger partial charge on any atom is -0.465 e. The second kappa shape index (κ2) is 8.02. The van der Waals surface area contributed by atoms with Gasteiger partial charge in [0.1, 0.15) is 11.6 Å². The molecule has 3 rings (SSSR count). The number of fused-ring (bicyclic) bond motifs is 1. The Kier molecular flexibility index (Phi) is 5.33. The maximum atomic E-state index is 12.4. The first-order valence-electron chi connectivity index (χ1n) is 8.26. The number of carbonyl (C=O) groups is 2. The lowest BCUT2D eigenvalue weighted by molar-refractivity contribution is -0.117. The molecule has 0 saturated carbocycles. The van der Waals surface area contributed by atoms with Crippen LogP contribution in [0.15, 0.2) is 60.3 Å². The molecule has 0 unspecified atom stereocenters. The van der Waals surface area contributed by atoms with Gasteiger partial charge in [0, 0.05) is 29.2 Å². The number of benzene rings is 2. The number of amides is 1. The molecule has 0 atom stereocenters. The SMILES string of the molecule is COC(=O)c1cccc2[nH]cc(/C=C(\C#N)C(=O)NCc3ccccc3)c12. The molecule has 0 spiro atoms. The van der Waals surface area contributed by atoms with Crippen molar-refractivity contribution >= 4 is 28.9 Å². The number of methoxy groups -OCH3 is 1. The molecule has 0 saturated heterocycles. The van der Waals surface area contributed by atoms with E-state index in [1.54, 1.807) is 24.4 Å². The van der Waals surface area contributed by atoms with E-state index in [9.17, 15) is 14.9 Å². The molecule has 1 amide bonds. The first kappa shape index (κ1) is 18.0. The fraction of sp³-hybridized carbons (Fsp3) is 0.0952. The summed E-state index contributed by atoms with van der Waals surface area (Å²) in [4.78, 5) is 27.4. The Morgan fingerprint density at radius 1 is 1.19 bits per heavy atom. The summed E-state index contributed by atoms with van der Waals surface area (Å²) in [5, 5.41) is 12.7. The molecule has 0 aliphatic rings. The third-order valence-electron chi connectivity index (χ3n) is 4.10. The van der Waals surface area contributed by atoms with Crippen LogP contribution in [0.25, 0.3) is 17.0 Å². The predicted molar refractivity (Wildman–Crippen MR) is 102 cm³/mol.